The van der Waals surface area contributed by atoms with E-state index in [1.54, 1.807) is 23.0 Å². The Morgan fingerprint density at radius 3 is 2.59 bits per heavy atom. The van der Waals surface area contributed by atoms with Gasteiger partial charge in [0.2, 0.25) is 11.7 Å². The molecule has 0 radical (unpaired) electrons. The van der Waals surface area contributed by atoms with E-state index >= 15 is 0 Å². The molecule has 2 heterocycles. The third kappa shape index (κ3) is 3.17. The zero-order valence-corrected chi connectivity index (χ0v) is 16.9. The average Bonchev–Trinajstić information content (AvgIpc) is 3.13. The van der Waals surface area contributed by atoms with Gasteiger partial charge in [0.15, 0.2) is 11.5 Å². The number of phenolic OH excluding ortho intramolecular Hbond substituents is 1. The van der Waals surface area contributed by atoms with Crippen molar-refractivity contribution in [3.8, 4) is 22.9 Å². The Labute approximate surface area is 172 Å². The van der Waals surface area contributed by atoms with E-state index in [2.05, 4.69) is 10.4 Å². The summed E-state index contributed by atoms with van der Waals surface area (Å²) in [4.78, 5) is 12.5. The van der Waals surface area contributed by atoms with Crippen molar-refractivity contribution >= 4 is 23.3 Å². The lowest BCUT2D eigenvalue weighted by atomic mass is 9.87. The number of halogens is 1. The molecule has 0 aliphatic carbocycles. The molecule has 3 aromatic rings. The van der Waals surface area contributed by atoms with Gasteiger partial charge in [-0.15, -0.1) is 0 Å². The molecule has 2 aromatic carbocycles. The van der Waals surface area contributed by atoms with Crippen LogP contribution in [-0.4, -0.2) is 35.0 Å². The second kappa shape index (κ2) is 7.33. The summed E-state index contributed by atoms with van der Waals surface area (Å²) in [5, 5.41) is 18.3. The number of hydrogen-bond acceptors (Lipinski definition) is 5. The summed E-state index contributed by atoms with van der Waals surface area (Å²) in [6.45, 7) is 1.91. The first-order valence-electron chi connectivity index (χ1n) is 9.02. The van der Waals surface area contributed by atoms with E-state index in [0.717, 1.165) is 22.4 Å². The third-order valence-electron chi connectivity index (χ3n) is 5.19. The molecule has 1 atom stereocenters. The van der Waals surface area contributed by atoms with Crippen LogP contribution in [0.3, 0.4) is 0 Å². The van der Waals surface area contributed by atoms with Crippen molar-refractivity contribution < 1.29 is 19.4 Å². The van der Waals surface area contributed by atoms with Crippen molar-refractivity contribution in [2.75, 3.05) is 19.5 Å². The van der Waals surface area contributed by atoms with Crippen molar-refractivity contribution in [2.24, 2.45) is 0 Å². The quantitative estimate of drug-likeness (QED) is 0.674. The first-order chi connectivity index (χ1) is 13.9. The number of nitrogens with one attached hydrogen (secondary N) is 1. The van der Waals surface area contributed by atoms with E-state index in [-0.39, 0.29) is 35.5 Å². The molecule has 0 unspecified atom stereocenters. The van der Waals surface area contributed by atoms with Crippen LogP contribution in [-0.2, 0) is 4.79 Å². The molecule has 1 amide bonds. The molecule has 0 bridgehead atoms. The van der Waals surface area contributed by atoms with E-state index in [1.807, 2.05) is 25.1 Å². The van der Waals surface area contributed by atoms with Gasteiger partial charge in [0, 0.05) is 22.9 Å². The number of carbonyl (C=O) groups excluding carboxylic acids is 1. The molecule has 1 aliphatic heterocycles. The third-order valence-corrected chi connectivity index (χ3v) is 5.60. The number of aromatic hydroxyl groups is 1. The molecule has 2 N–H and O–H groups in total. The number of methoxy groups -OCH3 is 2. The Bertz CT molecular complexity index is 1080. The fourth-order valence-electron chi connectivity index (χ4n) is 3.64. The number of aromatic nitrogens is 2. The van der Waals surface area contributed by atoms with Crippen LogP contribution >= 0.6 is 11.6 Å². The second-order valence-electron chi connectivity index (χ2n) is 6.82. The number of fused-ring (bicyclic) bond motifs is 1. The fraction of sp³-hybridized carbons (Fsp3) is 0.238. The molecule has 0 saturated heterocycles. The zero-order chi connectivity index (χ0) is 20.7. The normalized spacial score (nSPS) is 15.6. The highest BCUT2D eigenvalue weighted by molar-refractivity contribution is 6.31. The maximum absolute atomic E-state index is 12.5. The Morgan fingerprint density at radius 1 is 1.24 bits per heavy atom. The highest BCUT2D eigenvalue weighted by Gasteiger charge is 2.32. The van der Waals surface area contributed by atoms with Gasteiger partial charge in [0.25, 0.3) is 0 Å². The van der Waals surface area contributed by atoms with Gasteiger partial charge < -0.3 is 19.9 Å². The Morgan fingerprint density at radius 2 is 1.93 bits per heavy atom. The van der Waals surface area contributed by atoms with Gasteiger partial charge in [-0.1, -0.05) is 17.7 Å². The standard InChI is InChI=1S/C21H20ClN3O4/c1-11-15(22)5-4-6-16(11)25-21-14(10-23-25)13(9-19(26)24-21)12-7-17(28-2)20(27)18(8-12)29-3/h4-8,10,13,27H,9H2,1-3H3,(H,24,26)/t13-/m1/s1. The SMILES string of the molecule is COc1cc([C@H]2CC(=O)Nc3c2cnn3-c2cccc(Cl)c2C)cc(OC)c1O. The van der Waals surface area contributed by atoms with Crippen molar-refractivity contribution in [2.45, 2.75) is 19.3 Å². The van der Waals surface area contributed by atoms with Crippen LogP contribution in [0.5, 0.6) is 17.2 Å². The second-order valence-corrected chi connectivity index (χ2v) is 7.23. The van der Waals surface area contributed by atoms with Crippen LogP contribution < -0.4 is 14.8 Å². The van der Waals surface area contributed by atoms with Gasteiger partial charge in [-0.2, -0.15) is 5.10 Å². The molecule has 8 heteroatoms. The Balaban J connectivity index is 1.86. The number of hydrogen-bond donors (Lipinski definition) is 2. The van der Waals surface area contributed by atoms with Crippen molar-refractivity contribution in [3.05, 3.63) is 58.2 Å². The molecular formula is C21H20ClN3O4. The van der Waals surface area contributed by atoms with Gasteiger partial charge in [0.05, 0.1) is 26.1 Å². The zero-order valence-electron chi connectivity index (χ0n) is 16.2. The highest BCUT2D eigenvalue weighted by atomic mass is 35.5. The summed E-state index contributed by atoms with van der Waals surface area (Å²) in [5.41, 5.74) is 3.30. The molecule has 0 saturated carbocycles. The molecule has 29 heavy (non-hydrogen) atoms. The molecule has 0 fully saturated rings. The molecule has 150 valence electrons. The lowest BCUT2D eigenvalue weighted by Gasteiger charge is -2.25. The smallest absolute Gasteiger partial charge is 0.226 e. The number of phenols is 1. The summed E-state index contributed by atoms with van der Waals surface area (Å²) in [6, 6.07) is 8.99. The minimum Gasteiger partial charge on any atom is -0.502 e. The molecular weight excluding hydrogens is 394 g/mol. The monoisotopic (exact) mass is 413 g/mol. The topological polar surface area (TPSA) is 85.6 Å². The number of amides is 1. The Kier molecular flexibility index (Phi) is 4.84. The van der Waals surface area contributed by atoms with Crippen LogP contribution in [0.4, 0.5) is 5.82 Å². The van der Waals surface area contributed by atoms with Gasteiger partial charge in [0.1, 0.15) is 5.82 Å². The maximum atomic E-state index is 12.5. The number of anilines is 1. The summed E-state index contributed by atoms with van der Waals surface area (Å²) < 4.78 is 12.2. The van der Waals surface area contributed by atoms with Crippen LogP contribution in [0.15, 0.2) is 36.5 Å². The van der Waals surface area contributed by atoms with Crippen molar-refractivity contribution in [3.63, 3.8) is 0 Å². The summed E-state index contributed by atoms with van der Waals surface area (Å²) in [5.74, 6) is 0.687. The number of rotatable bonds is 4. The molecule has 1 aromatic heterocycles. The van der Waals surface area contributed by atoms with Crippen molar-refractivity contribution in [1.82, 2.24) is 9.78 Å². The van der Waals surface area contributed by atoms with Gasteiger partial charge in [-0.25, -0.2) is 4.68 Å². The van der Waals surface area contributed by atoms with E-state index < -0.39 is 0 Å². The maximum Gasteiger partial charge on any atom is 0.226 e. The van der Waals surface area contributed by atoms with E-state index in [4.69, 9.17) is 21.1 Å². The van der Waals surface area contributed by atoms with Gasteiger partial charge in [-0.3, -0.25) is 4.79 Å². The average molecular weight is 414 g/mol. The van der Waals surface area contributed by atoms with E-state index in [9.17, 15) is 9.90 Å². The minimum absolute atomic E-state index is 0.0792. The number of carbonyl (C=O) groups is 1. The predicted molar refractivity (Wildman–Crippen MR) is 110 cm³/mol. The Hall–Kier alpha value is -3.19. The summed E-state index contributed by atoms with van der Waals surface area (Å²) >= 11 is 6.27. The minimum atomic E-state index is -0.268. The lowest BCUT2D eigenvalue weighted by molar-refractivity contribution is -0.116. The molecule has 1 aliphatic rings. The summed E-state index contributed by atoms with van der Waals surface area (Å²) in [6.07, 6.45) is 1.98. The van der Waals surface area contributed by atoms with Gasteiger partial charge in [-0.05, 0) is 42.3 Å². The van der Waals surface area contributed by atoms with Crippen LogP contribution in [0.1, 0.15) is 29.0 Å². The van der Waals surface area contributed by atoms with E-state index in [0.29, 0.717) is 10.8 Å². The lowest BCUT2D eigenvalue weighted by Crippen LogP contribution is -2.24. The number of nitrogens with zero attached hydrogens (tertiary/aromatic N) is 2. The van der Waals surface area contributed by atoms with Crippen LogP contribution in [0.25, 0.3) is 5.69 Å². The first-order valence-corrected chi connectivity index (χ1v) is 9.40. The summed E-state index contributed by atoms with van der Waals surface area (Å²) in [7, 11) is 2.94. The van der Waals surface area contributed by atoms with E-state index in [1.165, 1.54) is 14.2 Å². The largest absolute Gasteiger partial charge is 0.502 e. The van der Waals surface area contributed by atoms with Crippen LogP contribution in [0, 0.1) is 6.92 Å². The van der Waals surface area contributed by atoms with Crippen molar-refractivity contribution in [1.29, 1.82) is 0 Å². The molecule has 7 nitrogen and oxygen atoms in total. The van der Waals surface area contributed by atoms with Crippen LogP contribution in [0.2, 0.25) is 5.02 Å². The van der Waals surface area contributed by atoms with Gasteiger partial charge >= 0.3 is 0 Å². The first kappa shape index (κ1) is 19.1. The molecule has 0 spiro atoms. The molecule has 4 rings (SSSR count). The highest BCUT2D eigenvalue weighted by Crippen LogP contribution is 2.44. The predicted octanol–water partition coefficient (Wildman–Crippen LogP) is 4.03. The number of benzene rings is 2. The fourth-order valence-corrected chi connectivity index (χ4v) is 3.81. The number of ether oxygens (including phenoxy) is 2.